The largest absolute Gasteiger partial charge is 0.416 e. The van der Waals surface area contributed by atoms with Crippen LogP contribution in [0.2, 0.25) is 16.6 Å². The second kappa shape index (κ2) is 7.30. The molecule has 1 atom stereocenters. The van der Waals surface area contributed by atoms with E-state index in [2.05, 4.69) is 62.8 Å². The van der Waals surface area contributed by atoms with Crippen LogP contribution in [0.15, 0.2) is 24.3 Å². The number of anilines is 1. The van der Waals surface area contributed by atoms with E-state index in [0.717, 1.165) is 11.3 Å². The Morgan fingerprint density at radius 2 is 1.62 bits per heavy atom. The molecule has 0 aromatic heterocycles. The molecule has 1 aliphatic rings. The number of carbonyl (C=O) groups excluding carboxylic acids is 1. The molecule has 0 fully saturated rings. The third-order valence-corrected chi connectivity index (χ3v) is 12.8. The summed E-state index contributed by atoms with van der Waals surface area (Å²) in [5, 5.41) is 2.97. The van der Waals surface area contributed by atoms with E-state index in [9.17, 15) is 4.79 Å². The number of hydrogen-bond acceptors (Lipinski definition) is 2. The lowest BCUT2D eigenvalue weighted by atomic mass is 9.97. The van der Waals surface area contributed by atoms with Gasteiger partial charge in [-0.05, 0) is 29.1 Å². The molecule has 5 heteroatoms. The summed E-state index contributed by atoms with van der Waals surface area (Å²) < 4.78 is 5.96. The van der Waals surface area contributed by atoms with Crippen LogP contribution in [-0.4, -0.2) is 20.8 Å². The average Bonchev–Trinajstić information content (AvgIpc) is 2.74. The number of carbonyl (C=O) groups is 1. The summed E-state index contributed by atoms with van der Waals surface area (Å²) in [5.74, 6) is 0.0122. The Kier molecular flexibility index (Phi) is 5.98. The van der Waals surface area contributed by atoms with E-state index in [1.807, 2.05) is 24.3 Å². The molecule has 1 aromatic carbocycles. The molecule has 1 amide bonds. The van der Waals surface area contributed by atoms with Crippen molar-refractivity contribution in [1.29, 1.82) is 0 Å². The maximum absolute atomic E-state index is 12.5. The molecule has 3 nitrogen and oxygen atoms in total. The summed E-state index contributed by atoms with van der Waals surface area (Å²) in [7, 11) is -1.90. The topological polar surface area (TPSA) is 38.3 Å². The smallest absolute Gasteiger partial charge is 0.245 e. The van der Waals surface area contributed by atoms with Crippen LogP contribution >= 0.6 is 15.9 Å². The average molecular weight is 412 g/mol. The molecule has 24 heavy (non-hydrogen) atoms. The van der Waals surface area contributed by atoms with Crippen molar-refractivity contribution < 1.29 is 9.22 Å². The van der Waals surface area contributed by atoms with Gasteiger partial charge in [-0.1, -0.05) is 75.7 Å². The molecular formula is C19H30BrNO2Si. The Bertz CT molecular complexity index is 581. The van der Waals surface area contributed by atoms with Crippen molar-refractivity contribution in [2.45, 2.75) is 68.9 Å². The predicted octanol–water partition coefficient (Wildman–Crippen LogP) is 5.81. The molecule has 1 N–H and O–H groups in total. The van der Waals surface area contributed by atoms with Crippen molar-refractivity contribution in [3.63, 3.8) is 0 Å². The number of fused-ring (bicyclic) bond motifs is 1. The van der Waals surface area contributed by atoms with Gasteiger partial charge in [-0.25, -0.2) is 0 Å². The lowest BCUT2D eigenvalue weighted by Crippen LogP contribution is -2.48. The van der Waals surface area contributed by atoms with Crippen LogP contribution < -0.4 is 5.32 Å². The minimum absolute atomic E-state index is 0.0122. The molecular weight excluding hydrogens is 382 g/mol. The standard InChI is InChI=1S/C19H30BrNO2Si/c1-13(2)24(14(3)4,15(5)6)23-12-11-19(20)16-9-7-8-10-17(16)21-18(19)22/h7-10,13-15H,11-12H2,1-6H3,(H,21,22). The van der Waals surface area contributed by atoms with Gasteiger partial charge in [0.2, 0.25) is 5.91 Å². The van der Waals surface area contributed by atoms with Gasteiger partial charge in [-0.3, -0.25) is 4.79 Å². The number of rotatable bonds is 7. The van der Waals surface area contributed by atoms with E-state index in [0.29, 0.717) is 29.7 Å². The van der Waals surface area contributed by atoms with Gasteiger partial charge in [0.1, 0.15) is 4.32 Å². The maximum atomic E-state index is 12.5. The summed E-state index contributed by atoms with van der Waals surface area (Å²) in [6, 6.07) is 7.89. The first-order chi connectivity index (χ1) is 11.2. The lowest BCUT2D eigenvalue weighted by Gasteiger charge is -2.42. The molecule has 1 unspecified atom stereocenters. The first kappa shape index (κ1) is 19.7. The zero-order chi connectivity index (χ0) is 18.1. The molecule has 0 aliphatic carbocycles. The predicted molar refractivity (Wildman–Crippen MR) is 107 cm³/mol. The molecule has 134 valence electrons. The highest BCUT2D eigenvalue weighted by atomic mass is 79.9. The highest BCUT2D eigenvalue weighted by Gasteiger charge is 2.47. The fourth-order valence-corrected chi connectivity index (χ4v) is 10.5. The van der Waals surface area contributed by atoms with E-state index < -0.39 is 12.6 Å². The second-order valence-electron chi connectivity index (χ2n) is 7.72. The normalized spacial score (nSPS) is 20.8. The first-order valence-corrected chi connectivity index (χ1v) is 11.8. The van der Waals surface area contributed by atoms with Gasteiger partial charge in [-0.2, -0.15) is 0 Å². The summed E-state index contributed by atoms with van der Waals surface area (Å²) in [6.07, 6.45) is 0.650. The summed E-state index contributed by atoms with van der Waals surface area (Å²) in [4.78, 5) is 12.5. The summed E-state index contributed by atoms with van der Waals surface area (Å²) in [6.45, 7) is 14.3. The van der Waals surface area contributed by atoms with Crippen LogP contribution in [0.1, 0.15) is 53.5 Å². The fraction of sp³-hybridized carbons (Fsp3) is 0.632. The van der Waals surface area contributed by atoms with Crippen molar-refractivity contribution in [2.24, 2.45) is 0 Å². The van der Waals surface area contributed by atoms with Crippen LogP contribution in [0.4, 0.5) is 5.69 Å². The zero-order valence-electron chi connectivity index (χ0n) is 15.7. The molecule has 1 heterocycles. The van der Waals surface area contributed by atoms with Crippen LogP contribution in [-0.2, 0) is 13.5 Å². The van der Waals surface area contributed by atoms with Gasteiger partial charge < -0.3 is 9.74 Å². The monoisotopic (exact) mass is 411 g/mol. The van der Waals surface area contributed by atoms with Crippen molar-refractivity contribution in [2.75, 3.05) is 11.9 Å². The van der Waals surface area contributed by atoms with Crippen molar-refractivity contribution in [3.05, 3.63) is 29.8 Å². The first-order valence-electron chi connectivity index (χ1n) is 8.90. The highest BCUT2D eigenvalue weighted by Crippen LogP contribution is 2.47. The van der Waals surface area contributed by atoms with Crippen molar-refractivity contribution in [1.82, 2.24) is 0 Å². The van der Waals surface area contributed by atoms with E-state index in [-0.39, 0.29) is 5.91 Å². The number of halogens is 1. The molecule has 0 spiro atoms. The maximum Gasteiger partial charge on any atom is 0.245 e. The number of alkyl halides is 1. The van der Waals surface area contributed by atoms with Crippen LogP contribution in [0, 0.1) is 0 Å². The minimum atomic E-state index is -1.90. The van der Waals surface area contributed by atoms with Gasteiger partial charge in [0.15, 0.2) is 8.32 Å². The Hall–Kier alpha value is -0.653. The van der Waals surface area contributed by atoms with Gasteiger partial charge in [-0.15, -0.1) is 0 Å². The van der Waals surface area contributed by atoms with E-state index in [1.54, 1.807) is 0 Å². The van der Waals surface area contributed by atoms with Crippen LogP contribution in [0.3, 0.4) is 0 Å². The highest BCUT2D eigenvalue weighted by molar-refractivity contribution is 9.10. The van der Waals surface area contributed by atoms with Gasteiger partial charge in [0.05, 0.1) is 0 Å². The van der Waals surface area contributed by atoms with Gasteiger partial charge in [0.25, 0.3) is 0 Å². The van der Waals surface area contributed by atoms with Crippen LogP contribution in [0.5, 0.6) is 0 Å². The molecule has 1 aromatic rings. The Balaban J connectivity index is 2.17. The Morgan fingerprint density at radius 1 is 1.08 bits per heavy atom. The molecule has 0 bridgehead atoms. The van der Waals surface area contributed by atoms with Gasteiger partial charge in [0, 0.05) is 17.9 Å². The number of amides is 1. The number of benzene rings is 1. The summed E-state index contributed by atoms with van der Waals surface area (Å²) in [5.41, 5.74) is 3.57. The van der Waals surface area contributed by atoms with E-state index in [4.69, 9.17) is 4.43 Å². The molecule has 1 aliphatic heterocycles. The zero-order valence-corrected chi connectivity index (χ0v) is 18.2. The van der Waals surface area contributed by atoms with E-state index >= 15 is 0 Å². The quantitative estimate of drug-likeness (QED) is 0.453. The molecule has 0 saturated heterocycles. The SMILES string of the molecule is CC(C)[Si](OCCC1(Br)C(=O)Nc2ccccc21)(C(C)C)C(C)C. The van der Waals surface area contributed by atoms with Crippen LogP contribution in [0.25, 0.3) is 0 Å². The third-order valence-electron chi connectivity index (χ3n) is 5.47. The second-order valence-corrected chi connectivity index (χ2v) is 14.5. The van der Waals surface area contributed by atoms with Crippen molar-refractivity contribution in [3.8, 4) is 0 Å². The lowest BCUT2D eigenvalue weighted by molar-refractivity contribution is -0.118. The fourth-order valence-electron chi connectivity index (χ4n) is 4.40. The number of hydrogen-bond donors (Lipinski definition) is 1. The molecule has 0 saturated carbocycles. The third kappa shape index (κ3) is 3.23. The van der Waals surface area contributed by atoms with E-state index in [1.165, 1.54) is 0 Å². The Labute approximate surface area is 155 Å². The van der Waals surface area contributed by atoms with Gasteiger partial charge >= 0.3 is 0 Å². The summed E-state index contributed by atoms with van der Waals surface area (Å²) >= 11 is 3.71. The van der Waals surface area contributed by atoms with Crippen molar-refractivity contribution >= 4 is 35.8 Å². The minimum Gasteiger partial charge on any atom is -0.416 e. The molecule has 2 rings (SSSR count). The number of para-hydroxylation sites is 1. The Morgan fingerprint density at radius 3 is 2.17 bits per heavy atom. The molecule has 0 radical (unpaired) electrons. The number of nitrogens with one attached hydrogen (secondary N) is 1.